The Labute approximate surface area is 108 Å². The molecule has 0 fully saturated rings. The number of halogens is 1. The van der Waals surface area contributed by atoms with Crippen LogP contribution in [0.25, 0.3) is 0 Å². The molecule has 0 N–H and O–H groups in total. The quantitative estimate of drug-likeness (QED) is 0.364. The van der Waals surface area contributed by atoms with Crippen LogP contribution >= 0.6 is 22.3 Å². The Morgan fingerprint density at radius 1 is 1.15 bits per heavy atom. The predicted octanol–water partition coefficient (Wildman–Crippen LogP) is 3.20. The van der Waals surface area contributed by atoms with Crippen molar-refractivity contribution in [2.75, 3.05) is 0 Å². The van der Waals surface area contributed by atoms with Crippen molar-refractivity contribution in [2.24, 2.45) is 0 Å². The minimum atomic E-state index is 0. The van der Waals surface area contributed by atoms with Gasteiger partial charge in [-0.1, -0.05) is 13.0 Å². The molecule has 1 aromatic rings. The molecule has 0 radical (unpaired) electrons. The molecule has 1 rings (SSSR count). The summed E-state index contributed by atoms with van der Waals surface area (Å²) in [7, 11) is 0. The van der Waals surface area contributed by atoms with Crippen LogP contribution in [-0.4, -0.2) is 23.1 Å². The van der Waals surface area contributed by atoms with Crippen molar-refractivity contribution >= 4 is 45.4 Å². The summed E-state index contributed by atoms with van der Waals surface area (Å²) < 4.78 is 0. The Balaban J connectivity index is -0.0000000615. The van der Waals surface area contributed by atoms with Gasteiger partial charge >= 0.3 is 23.1 Å². The van der Waals surface area contributed by atoms with Crippen molar-refractivity contribution in [2.45, 2.75) is 13.3 Å². The van der Waals surface area contributed by atoms with Gasteiger partial charge in [-0.15, -0.1) is 24.5 Å². The topological polar surface area (TPSA) is 0 Å². The smallest absolute Gasteiger partial charge is 0.344 e. The zero-order chi connectivity index (χ0) is 7.82. The largest absolute Gasteiger partial charge is 2.00 e. The van der Waals surface area contributed by atoms with Gasteiger partial charge in [-0.3, -0.25) is 0 Å². The first kappa shape index (κ1) is 23.4. The van der Waals surface area contributed by atoms with Crippen LogP contribution in [0.5, 0.6) is 0 Å². The van der Waals surface area contributed by atoms with Crippen LogP contribution in [-0.2, 0) is 0 Å². The van der Waals surface area contributed by atoms with Crippen LogP contribution in [0.3, 0.4) is 0 Å². The van der Waals surface area contributed by atoms with E-state index in [0.29, 0.717) is 0 Å². The van der Waals surface area contributed by atoms with Crippen molar-refractivity contribution in [1.82, 2.24) is 0 Å². The van der Waals surface area contributed by atoms with Crippen LogP contribution in [0.2, 0.25) is 0 Å². The average Bonchev–Trinajstić information content (AvgIpc) is 1.91. The van der Waals surface area contributed by atoms with E-state index in [2.05, 4.69) is 13.8 Å². The second-order valence-electron chi connectivity index (χ2n) is 1.99. The van der Waals surface area contributed by atoms with Crippen LogP contribution in [0.4, 0.5) is 0 Å². The summed E-state index contributed by atoms with van der Waals surface area (Å²) in [5, 5.41) is 0. The van der Waals surface area contributed by atoms with Crippen LogP contribution in [0.1, 0.15) is 18.9 Å². The van der Waals surface area contributed by atoms with Gasteiger partial charge in [0.05, 0.1) is 0 Å². The average molecular weight is 229 g/mol. The molecule has 0 saturated heterocycles. The summed E-state index contributed by atoms with van der Waals surface area (Å²) in [6.07, 6.45) is 1.00. The van der Waals surface area contributed by atoms with E-state index in [-0.39, 0.29) is 45.4 Å². The van der Waals surface area contributed by atoms with Gasteiger partial charge in [0.2, 0.25) is 0 Å². The minimum Gasteiger partial charge on any atom is -0.344 e. The Morgan fingerprint density at radius 3 is 1.62 bits per heavy atom. The number of rotatable bonds is 0. The van der Waals surface area contributed by atoms with Gasteiger partial charge in [-0.25, -0.2) is 0 Å². The number of hydrogen-bond donors (Lipinski definition) is 0. The van der Waals surface area contributed by atoms with Crippen molar-refractivity contribution in [3.63, 3.8) is 0 Å². The summed E-state index contributed by atoms with van der Waals surface area (Å²) in [6.45, 7) is 9.22. The first-order valence-corrected chi connectivity index (χ1v) is 3.47. The summed E-state index contributed by atoms with van der Waals surface area (Å²) >= 11 is 0. The molecule has 72 valence electrons. The van der Waals surface area contributed by atoms with E-state index >= 15 is 0 Å². The second kappa shape index (κ2) is 18.4. The molecule has 1 unspecified atom stereocenters. The van der Waals surface area contributed by atoms with Crippen molar-refractivity contribution in [1.29, 1.82) is 0 Å². The van der Waals surface area contributed by atoms with Gasteiger partial charge in [-0.2, -0.15) is 40.9 Å². The fourth-order valence-corrected chi connectivity index (χ4v) is 0.478. The van der Waals surface area contributed by atoms with E-state index in [1.165, 1.54) is 0 Å². The molecule has 1 atom stereocenters. The maximum atomic E-state index is 3.72. The zero-order valence-electron chi connectivity index (χ0n) is 8.33. The Hall–Kier alpha value is 0.576. The van der Waals surface area contributed by atoms with E-state index < -0.39 is 0 Å². The third-order valence-corrected chi connectivity index (χ3v) is 0.843. The van der Waals surface area contributed by atoms with E-state index in [1.807, 2.05) is 37.3 Å². The van der Waals surface area contributed by atoms with Gasteiger partial charge in [0, 0.05) is 0 Å². The first-order chi connectivity index (χ1) is 4.81. The molecular weight excluding hydrogens is 211 g/mol. The third-order valence-electron chi connectivity index (χ3n) is 0.843. The Morgan fingerprint density at radius 2 is 1.46 bits per heavy atom. The fourth-order valence-electron chi connectivity index (χ4n) is 0.478. The maximum absolute atomic E-state index is 3.72. The molecule has 1 aromatic carbocycles. The van der Waals surface area contributed by atoms with Gasteiger partial charge in [0.1, 0.15) is 0 Å². The van der Waals surface area contributed by atoms with E-state index in [4.69, 9.17) is 0 Å². The summed E-state index contributed by atoms with van der Waals surface area (Å²) in [5.41, 5.74) is 1.07. The number of benzene rings is 1. The maximum Gasteiger partial charge on any atom is 2.00 e. The third kappa shape index (κ3) is 19.1. The van der Waals surface area contributed by atoms with Crippen LogP contribution < -0.4 is 0 Å². The molecule has 0 amide bonds. The fraction of sp³-hybridized carbons (Fsp3) is 0.200. The number of hydrogen-bond acceptors (Lipinski definition) is 0. The van der Waals surface area contributed by atoms with Crippen LogP contribution in [0.15, 0.2) is 30.3 Å². The molecule has 0 aliphatic carbocycles. The molecule has 3 heteroatoms. The summed E-state index contributed by atoms with van der Waals surface area (Å²) in [4.78, 5) is 0. The molecule has 0 bridgehead atoms. The molecule has 0 aliphatic heterocycles. The van der Waals surface area contributed by atoms with Crippen LogP contribution in [0, 0.1) is 13.8 Å². The molecule has 0 saturated carbocycles. The summed E-state index contributed by atoms with van der Waals surface area (Å²) in [5.74, 6) is 0. The Kier molecular flexibility index (Phi) is 33.1. The second-order valence-corrected chi connectivity index (χ2v) is 1.99. The molecule has 0 heterocycles. The Bertz CT molecular complexity index is 156. The molecule has 13 heavy (non-hydrogen) atoms. The molecular formula is C10H18ClMgP. The molecule has 0 aliphatic rings. The van der Waals surface area contributed by atoms with Gasteiger partial charge in [0.25, 0.3) is 0 Å². The first-order valence-electron chi connectivity index (χ1n) is 3.47. The van der Waals surface area contributed by atoms with Crippen molar-refractivity contribution in [3.05, 3.63) is 49.7 Å². The van der Waals surface area contributed by atoms with Gasteiger partial charge < -0.3 is 6.92 Å². The SMILES string of the molecule is Cl.P.[CH2-]CC.[CH2-]c1ccccc1.[Mg+2]. The van der Waals surface area contributed by atoms with E-state index in [1.54, 1.807) is 0 Å². The zero-order valence-corrected chi connectivity index (χ0v) is 12.0. The van der Waals surface area contributed by atoms with E-state index in [0.717, 1.165) is 12.0 Å². The molecule has 0 aromatic heterocycles. The van der Waals surface area contributed by atoms with E-state index in [9.17, 15) is 0 Å². The van der Waals surface area contributed by atoms with Gasteiger partial charge in [-0.05, 0) is 0 Å². The molecule has 0 spiro atoms. The monoisotopic (exact) mass is 228 g/mol. The minimum absolute atomic E-state index is 0. The van der Waals surface area contributed by atoms with Crippen molar-refractivity contribution < 1.29 is 0 Å². The molecule has 0 nitrogen and oxygen atoms in total. The standard InChI is InChI=1S/C7H7.C3H7.ClH.Mg.H3P/c1-7-5-3-2-4-6-7;1-3-2;;;/h2-6H,1H2;1,3H2,2H3;1H;;1H3/q2*-1;;+2;. The normalized spacial score (nSPS) is 6.00. The van der Waals surface area contributed by atoms with Gasteiger partial charge in [0.15, 0.2) is 0 Å². The summed E-state index contributed by atoms with van der Waals surface area (Å²) in [6, 6.07) is 9.87. The predicted molar refractivity (Wildman–Crippen MR) is 70.7 cm³/mol. The van der Waals surface area contributed by atoms with Crippen molar-refractivity contribution in [3.8, 4) is 0 Å².